The number of rotatable bonds is 6. The van der Waals surface area contributed by atoms with Crippen molar-refractivity contribution < 1.29 is 9.53 Å². The number of carbonyl (C=O) groups is 1. The maximum absolute atomic E-state index is 12.7. The first-order chi connectivity index (χ1) is 12.2. The Hall–Kier alpha value is -3.07. The summed E-state index contributed by atoms with van der Waals surface area (Å²) in [6.45, 7) is 0. The summed E-state index contributed by atoms with van der Waals surface area (Å²) in [6.07, 6.45) is 0.403. The second-order valence-electron chi connectivity index (χ2n) is 5.99. The largest absolute Gasteiger partial charge is 0.497 e. The molecular weight excluding hydrogens is 310 g/mol. The number of hydrogen-bond donors (Lipinski definition) is 1. The molecule has 3 heteroatoms. The van der Waals surface area contributed by atoms with Crippen molar-refractivity contribution >= 4 is 11.5 Å². The molecular formula is C22H21NO2. The quantitative estimate of drug-likeness (QED) is 0.527. The Labute approximate surface area is 148 Å². The summed E-state index contributed by atoms with van der Waals surface area (Å²) in [5.41, 5.74) is 9.41. The molecule has 0 bridgehead atoms. The van der Waals surface area contributed by atoms with E-state index in [4.69, 9.17) is 10.5 Å². The van der Waals surface area contributed by atoms with Crippen molar-refractivity contribution in [3.63, 3.8) is 0 Å². The number of methoxy groups -OCH3 is 1. The Kier molecular flexibility index (Phi) is 5.14. The summed E-state index contributed by atoms with van der Waals surface area (Å²) in [5.74, 6) is 0.895. The maximum atomic E-state index is 12.7. The molecule has 0 aliphatic heterocycles. The van der Waals surface area contributed by atoms with Crippen LogP contribution in [-0.2, 0) is 0 Å². The lowest BCUT2D eigenvalue weighted by atomic mass is 9.85. The highest BCUT2D eigenvalue weighted by Crippen LogP contribution is 2.31. The van der Waals surface area contributed by atoms with Crippen molar-refractivity contribution in [1.82, 2.24) is 0 Å². The summed E-state index contributed by atoms with van der Waals surface area (Å²) in [7, 11) is 1.64. The number of Topliss-reactive ketones (excluding diaryl/α,β-unsaturated/α-hetero) is 1. The molecule has 0 aliphatic carbocycles. The number of ether oxygens (including phenoxy) is 1. The van der Waals surface area contributed by atoms with Gasteiger partial charge in [0.1, 0.15) is 5.75 Å². The number of anilines is 1. The van der Waals surface area contributed by atoms with Gasteiger partial charge in [-0.3, -0.25) is 4.79 Å². The van der Waals surface area contributed by atoms with Gasteiger partial charge in [0.15, 0.2) is 5.78 Å². The van der Waals surface area contributed by atoms with Crippen LogP contribution < -0.4 is 10.5 Å². The van der Waals surface area contributed by atoms with Crippen LogP contribution in [-0.4, -0.2) is 12.9 Å². The topological polar surface area (TPSA) is 52.3 Å². The van der Waals surface area contributed by atoms with Crippen molar-refractivity contribution in [1.29, 1.82) is 0 Å². The van der Waals surface area contributed by atoms with Crippen LogP contribution in [0, 0.1) is 0 Å². The lowest BCUT2D eigenvalue weighted by Crippen LogP contribution is -2.09. The summed E-state index contributed by atoms with van der Waals surface area (Å²) in [5, 5.41) is 0. The fourth-order valence-corrected chi connectivity index (χ4v) is 2.92. The molecule has 0 spiro atoms. The van der Waals surface area contributed by atoms with Gasteiger partial charge in [0, 0.05) is 23.6 Å². The maximum Gasteiger partial charge on any atom is 0.163 e. The number of carbonyl (C=O) groups excluding carboxylic acids is 1. The molecule has 0 amide bonds. The SMILES string of the molecule is COc1ccc(C(CC(=O)c2ccccc2)c2ccc(N)cc2)cc1. The van der Waals surface area contributed by atoms with E-state index < -0.39 is 0 Å². The summed E-state index contributed by atoms with van der Waals surface area (Å²) in [6, 6.07) is 25.0. The first-order valence-corrected chi connectivity index (χ1v) is 8.25. The molecule has 0 heterocycles. The van der Waals surface area contributed by atoms with E-state index in [1.54, 1.807) is 7.11 Å². The fourth-order valence-electron chi connectivity index (χ4n) is 2.92. The smallest absolute Gasteiger partial charge is 0.163 e. The molecule has 3 nitrogen and oxygen atoms in total. The third kappa shape index (κ3) is 4.07. The van der Waals surface area contributed by atoms with Crippen LogP contribution in [0.25, 0.3) is 0 Å². The average Bonchev–Trinajstić information content (AvgIpc) is 2.67. The summed E-state index contributed by atoms with van der Waals surface area (Å²) in [4.78, 5) is 12.7. The van der Waals surface area contributed by atoms with E-state index in [0.717, 1.165) is 22.4 Å². The molecule has 0 radical (unpaired) electrons. The van der Waals surface area contributed by atoms with Gasteiger partial charge in [-0.2, -0.15) is 0 Å². The Bertz CT molecular complexity index is 824. The molecule has 0 aromatic heterocycles. The Morgan fingerprint density at radius 3 is 2.00 bits per heavy atom. The van der Waals surface area contributed by atoms with Gasteiger partial charge in [0.2, 0.25) is 0 Å². The second-order valence-corrected chi connectivity index (χ2v) is 5.99. The van der Waals surface area contributed by atoms with E-state index in [-0.39, 0.29) is 11.7 Å². The van der Waals surface area contributed by atoms with Crippen molar-refractivity contribution in [3.8, 4) is 5.75 Å². The van der Waals surface area contributed by atoms with Crippen LogP contribution in [0.3, 0.4) is 0 Å². The molecule has 25 heavy (non-hydrogen) atoms. The molecule has 3 rings (SSSR count). The Morgan fingerprint density at radius 2 is 1.44 bits per heavy atom. The van der Waals surface area contributed by atoms with Gasteiger partial charge < -0.3 is 10.5 Å². The highest BCUT2D eigenvalue weighted by atomic mass is 16.5. The van der Waals surface area contributed by atoms with Gasteiger partial charge in [-0.1, -0.05) is 54.6 Å². The molecule has 0 aliphatic rings. The lowest BCUT2D eigenvalue weighted by Gasteiger charge is -2.18. The molecule has 0 fully saturated rings. The van der Waals surface area contributed by atoms with Crippen LogP contribution in [0.1, 0.15) is 33.8 Å². The van der Waals surface area contributed by atoms with Crippen LogP contribution in [0.15, 0.2) is 78.9 Å². The molecule has 126 valence electrons. The molecule has 0 saturated carbocycles. The predicted octanol–water partition coefficient (Wildman–Crippen LogP) is 4.68. The number of nitrogen functional groups attached to an aromatic ring is 1. The minimum absolute atomic E-state index is 0.0285. The third-order valence-corrected chi connectivity index (χ3v) is 4.34. The van der Waals surface area contributed by atoms with E-state index in [2.05, 4.69) is 0 Å². The van der Waals surface area contributed by atoms with Crippen molar-refractivity contribution in [3.05, 3.63) is 95.6 Å². The highest BCUT2D eigenvalue weighted by molar-refractivity contribution is 5.96. The number of benzene rings is 3. The van der Waals surface area contributed by atoms with Gasteiger partial charge >= 0.3 is 0 Å². The Balaban J connectivity index is 1.93. The Morgan fingerprint density at radius 1 is 0.880 bits per heavy atom. The number of nitrogens with two attached hydrogens (primary N) is 1. The van der Waals surface area contributed by atoms with Gasteiger partial charge in [-0.05, 0) is 35.4 Å². The van der Waals surface area contributed by atoms with E-state index in [0.29, 0.717) is 12.1 Å². The molecule has 1 unspecified atom stereocenters. The molecule has 3 aromatic rings. The van der Waals surface area contributed by atoms with Crippen LogP contribution >= 0.6 is 0 Å². The summed E-state index contributed by atoms with van der Waals surface area (Å²) < 4.78 is 5.24. The number of ketones is 1. The van der Waals surface area contributed by atoms with Crippen molar-refractivity contribution in [2.24, 2.45) is 0 Å². The van der Waals surface area contributed by atoms with Gasteiger partial charge in [-0.15, -0.1) is 0 Å². The van der Waals surface area contributed by atoms with Gasteiger partial charge in [0.25, 0.3) is 0 Å². The second kappa shape index (κ2) is 7.67. The fraction of sp³-hybridized carbons (Fsp3) is 0.136. The molecule has 1 atom stereocenters. The van der Waals surface area contributed by atoms with Gasteiger partial charge in [-0.25, -0.2) is 0 Å². The standard InChI is InChI=1S/C22H21NO2/c1-25-20-13-9-17(10-14-20)21(16-7-11-19(23)12-8-16)15-22(24)18-5-3-2-4-6-18/h2-14,21H,15,23H2,1H3. The first-order valence-electron chi connectivity index (χ1n) is 8.25. The normalized spacial score (nSPS) is 11.7. The first kappa shape index (κ1) is 16.8. The third-order valence-electron chi connectivity index (χ3n) is 4.34. The van der Waals surface area contributed by atoms with Crippen LogP contribution in [0.4, 0.5) is 5.69 Å². The minimum atomic E-state index is -0.0285. The van der Waals surface area contributed by atoms with Gasteiger partial charge in [0.05, 0.1) is 7.11 Å². The van der Waals surface area contributed by atoms with E-state index in [1.807, 2.05) is 78.9 Å². The van der Waals surface area contributed by atoms with Crippen LogP contribution in [0.2, 0.25) is 0 Å². The molecule has 0 saturated heterocycles. The molecule has 2 N–H and O–H groups in total. The average molecular weight is 331 g/mol. The van der Waals surface area contributed by atoms with E-state index in [1.165, 1.54) is 0 Å². The molecule has 3 aromatic carbocycles. The van der Waals surface area contributed by atoms with E-state index >= 15 is 0 Å². The highest BCUT2D eigenvalue weighted by Gasteiger charge is 2.19. The van der Waals surface area contributed by atoms with E-state index in [9.17, 15) is 4.79 Å². The predicted molar refractivity (Wildman–Crippen MR) is 101 cm³/mol. The van der Waals surface area contributed by atoms with Crippen molar-refractivity contribution in [2.45, 2.75) is 12.3 Å². The number of hydrogen-bond acceptors (Lipinski definition) is 3. The minimum Gasteiger partial charge on any atom is -0.497 e. The monoisotopic (exact) mass is 331 g/mol. The zero-order chi connectivity index (χ0) is 17.6. The lowest BCUT2D eigenvalue weighted by molar-refractivity contribution is 0.0977. The zero-order valence-corrected chi connectivity index (χ0v) is 14.2. The zero-order valence-electron chi connectivity index (χ0n) is 14.2. The van der Waals surface area contributed by atoms with Crippen LogP contribution in [0.5, 0.6) is 5.75 Å². The summed E-state index contributed by atoms with van der Waals surface area (Å²) >= 11 is 0. The van der Waals surface area contributed by atoms with Crippen molar-refractivity contribution in [2.75, 3.05) is 12.8 Å².